The number of rotatable bonds is 2. The molecule has 0 radical (unpaired) electrons. The van der Waals surface area contributed by atoms with Gasteiger partial charge in [-0.3, -0.25) is 0 Å². The monoisotopic (exact) mass is 271 g/mol. The number of hydrogen-bond donors (Lipinski definition) is 2. The lowest BCUT2D eigenvalue weighted by atomic mass is 10.0. The molecule has 4 heteroatoms. The lowest BCUT2D eigenvalue weighted by Gasteiger charge is -2.02. The van der Waals surface area contributed by atoms with Crippen LogP contribution in [-0.2, 0) is 0 Å². The van der Waals surface area contributed by atoms with Crippen molar-refractivity contribution < 1.29 is 9.90 Å². The van der Waals surface area contributed by atoms with Crippen LogP contribution in [-0.4, -0.2) is 16.1 Å². The van der Waals surface area contributed by atoms with E-state index in [-0.39, 0.29) is 5.69 Å². The third-order valence-corrected chi connectivity index (χ3v) is 3.28. The van der Waals surface area contributed by atoms with Crippen LogP contribution in [0.3, 0.4) is 0 Å². The Morgan fingerprint density at radius 2 is 1.68 bits per heavy atom. The number of aromatic nitrogens is 1. The maximum atomic E-state index is 10.9. The van der Waals surface area contributed by atoms with Crippen molar-refractivity contribution in [3.8, 4) is 11.1 Å². The molecule has 1 aromatic heterocycles. The third-order valence-electron chi connectivity index (χ3n) is 3.03. The first-order valence-corrected chi connectivity index (χ1v) is 6.13. The maximum absolute atomic E-state index is 10.9. The predicted octanol–water partition coefficient (Wildman–Crippen LogP) is 4.19. The van der Waals surface area contributed by atoms with Gasteiger partial charge in [0.1, 0.15) is 5.69 Å². The lowest BCUT2D eigenvalue weighted by Crippen LogP contribution is -1.94. The Morgan fingerprint density at radius 3 is 2.37 bits per heavy atom. The molecule has 0 saturated heterocycles. The van der Waals surface area contributed by atoms with Gasteiger partial charge in [0.2, 0.25) is 0 Å². The molecule has 0 fully saturated rings. The van der Waals surface area contributed by atoms with Crippen LogP contribution in [0.5, 0.6) is 0 Å². The highest BCUT2D eigenvalue weighted by Crippen LogP contribution is 2.25. The fraction of sp³-hybridized carbons (Fsp3) is 0. The minimum absolute atomic E-state index is 0.197. The normalized spacial score (nSPS) is 10.8. The average Bonchev–Trinajstić information content (AvgIpc) is 2.82. The van der Waals surface area contributed by atoms with Gasteiger partial charge in [-0.15, -0.1) is 0 Å². The molecular formula is C15H10ClNO2. The lowest BCUT2D eigenvalue weighted by molar-refractivity contribution is 0.0691. The zero-order valence-corrected chi connectivity index (χ0v) is 10.6. The van der Waals surface area contributed by atoms with E-state index in [1.807, 2.05) is 42.5 Å². The summed E-state index contributed by atoms with van der Waals surface area (Å²) in [6, 6.07) is 15.0. The Balaban J connectivity index is 2.10. The van der Waals surface area contributed by atoms with E-state index in [9.17, 15) is 4.79 Å². The van der Waals surface area contributed by atoms with Crippen molar-refractivity contribution in [1.82, 2.24) is 4.98 Å². The summed E-state index contributed by atoms with van der Waals surface area (Å²) >= 11 is 5.86. The number of carboxylic acid groups (broad SMARTS) is 1. The number of fused-ring (bicyclic) bond motifs is 1. The number of aromatic carboxylic acids is 1. The van der Waals surface area contributed by atoms with Crippen LogP contribution < -0.4 is 0 Å². The number of benzene rings is 2. The first-order valence-electron chi connectivity index (χ1n) is 5.75. The van der Waals surface area contributed by atoms with Crippen molar-refractivity contribution in [2.24, 2.45) is 0 Å². The molecule has 0 unspecified atom stereocenters. The van der Waals surface area contributed by atoms with Gasteiger partial charge in [0.25, 0.3) is 0 Å². The van der Waals surface area contributed by atoms with E-state index in [0.29, 0.717) is 5.02 Å². The molecule has 19 heavy (non-hydrogen) atoms. The number of carboxylic acids is 1. The average molecular weight is 272 g/mol. The topological polar surface area (TPSA) is 53.1 Å². The highest BCUT2D eigenvalue weighted by atomic mass is 35.5. The predicted molar refractivity (Wildman–Crippen MR) is 75.7 cm³/mol. The minimum atomic E-state index is -0.954. The summed E-state index contributed by atoms with van der Waals surface area (Å²) in [4.78, 5) is 13.8. The molecule has 0 aliphatic rings. The Hall–Kier alpha value is -2.26. The number of halogens is 1. The van der Waals surface area contributed by atoms with Crippen LogP contribution in [0.2, 0.25) is 5.02 Å². The Labute approximate surface area is 114 Å². The fourth-order valence-corrected chi connectivity index (χ4v) is 2.19. The first kappa shape index (κ1) is 11.8. The summed E-state index contributed by atoms with van der Waals surface area (Å²) < 4.78 is 0. The Kier molecular flexibility index (Phi) is 2.76. The zero-order valence-electron chi connectivity index (χ0n) is 9.85. The van der Waals surface area contributed by atoms with Crippen LogP contribution >= 0.6 is 11.6 Å². The number of hydrogen-bond acceptors (Lipinski definition) is 1. The molecule has 0 spiro atoms. The van der Waals surface area contributed by atoms with Crippen molar-refractivity contribution in [3.05, 3.63) is 59.2 Å². The molecule has 0 amide bonds. The molecule has 2 N–H and O–H groups in total. The second kappa shape index (κ2) is 4.44. The van der Waals surface area contributed by atoms with Crippen LogP contribution in [0.4, 0.5) is 0 Å². The van der Waals surface area contributed by atoms with Gasteiger partial charge < -0.3 is 10.1 Å². The smallest absolute Gasteiger partial charge is 0.352 e. The third kappa shape index (κ3) is 2.20. The molecule has 3 aromatic rings. The van der Waals surface area contributed by atoms with Crippen LogP contribution in [0.15, 0.2) is 48.5 Å². The molecular weight excluding hydrogens is 262 g/mol. The fourth-order valence-electron chi connectivity index (χ4n) is 2.06. The highest BCUT2D eigenvalue weighted by Gasteiger charge is 2.08. The molecule has 3 rings (SSSR count). The van der Waals surface area contributed by atoms with E-state index in [1.54, 1.807) is 6.07 Å². The second-order valence-corrected chi connectivity index (χ2v) is 4.73. The molecule has 2 aromatic carbocycles. The zero-order chi connectivity index (χ0) is 13.4. The van der Waals surface area contributed by atoms with E-state index in [2.05, 4.69) is 4.98 Å². The molecule has 0 aliphatic heterocycles. The van der Waals surface area contributed by atoms with E-state index in [4.69, 9.17) is 16.7 Å². The van der Waals surface area contributed by atoms with Crippen molar-refractivity contribution in [3.63, 3.8) is 0 Å². The summed E-state index contributed by atoms with van der Waals surface area (Å²) in [6.45, 7) is 0. The van der Waals surface area contributed by atoms with E-state index >= 15 is 0 Å². The first-order chi connectivity index (χ1) is 9.13. The van der Waals surface area contributed by atoms with Gasteiger partial charge in [-0.1, -0.05) is 35.9 Å². The molecule has 0 bridgehead atoms. The summed E-state index contributed by atoms with van der Waals surface area (Å²) in [5, 5.41) is 10.5. The van der Waals surface area contributed by atoms with Gasteiger partial charge in [-0.05, 0) is 35.4 Å². The molecule has 0 aliphatic carbocycles. The van der Waals surface area contributed by atoms with Crippen LogP contribution in [0.1, 0.15) is 10.5 Å². The van der Waals surface area contributed by atoms with Gasteiger partial charge in [0.05, 0.1) is 0 Å². The number of H-pyrrole nitrogens is 1. The summed E-state index contributed by atoms with van der Waals surface area (Å²) in [5.41, 5.74) is 3.06. The number of nitrogens with one attached hydrogen (secondary N) is 1. The van der Waals surface area contributed by atoms with Crippen LogP contribution in [0.25, 0.3) is 22.0 Å². The quantitative estimate of drug-likeness (QED) is 0.734. The van der Waals surface area contributed by atoms with Crippen molar-refractivity contribution in [2.45, 2.75) is 0 Å². The maximum Gasteiger partial charge on any atom is 0.352 e. The van der Waals surface area contributed by atoms with Gasteiger partial charge >= 0.3 is 5.97 Å². The van der Waals surface area contributed by atoms with E-state index in [0.717, 1.165) is 22.0 Å². The molecule has 94 valence electrons. The molecule has 1 heterocycles. The minimum Gasteiger partial charge on any atom is -0.477 e. The molecule has 3 nitrogen and oxygen atoms in total. The van der Waals surface area contributed by atoms with Gasteiger partial charge in [-0.2, -0.15) is 0 Å². The second-order valence-electron chi connectivity index (χ2n) is 4.30. The highest BCUT2D eigenvalue weighted by molar-refractivity contribution is 6.30. The largest absolute Gasteiger partial charge is 0.477 e. The van der Waals surface area contributed by atoms with Crippen LogP contribution in [0, 0.1) is 0 Å². The molecule has 0 saturated carbocycles. The number of carbonyl (C=O) groups is 1. The van der Waals surface area contributed by atoms with E-state index in [1.165, 1.54) is 0 Å². The van der Waals surface area contributed by atoms with Crippen molar-refractivity contribution in [2.75, 3.05) is 0 Å². The van der Waals surface area contributed by atoms with Crippen molar-refractivity contribution >= 4 is 28.5 Å². The number of aromatic amines is 1. The summed E-state index contributed by atoms with van der Waals surface area (Å²) in [5.74, 6) is -0.954. The van der Waals surface area contributed by atoms with Gasteiger partial charge in [-0.25, -0.2) is 4.79 Å². The van der Waals surface area contributed by atoms with E-state index < -0.39 is 5.97 Å². The Morgan fingerprint density at radius 1 is 1.00 bits per heavy atom. The van der Waals surface area contributed by atoms with Gasteiger partial charge in [0, 0.05) is 15.9 Å². The summed E-state index contributed by atoms with van der Waals surface area (Å²) in [7, 11) is 0. The summed E-state index contributed by atoms with van der Waals surface area (Å²) in [6.07, 6.45) is 0. The van der Waals surface area contributed by atoms with Gasteiger partial charge in [0.15, 0.2) is 0 Å². The SMILES string of the molecule is O=C(O)c1cc2ccc(-c3ccc(Cl)cc3)cc2[nH]1. The Bertz CT molecular complexity index is 759. The van der Waals surface area contributed by atoms with Crippen molar-refractivity contribution in [1.29, 1.82) is 0 Å². The standard InChI is InChI=1S/C15H10ClNO2/c16-12-5-3-9(4-6-12)10-1-2-11-8-14(15(18)19)17-13(11)7-10/h1-8,17H,(H,18,19). The molecule has 0 atom stereocenters.